The van der Waals surface area contributed by atoms with Gasteiger partial charge in [0.15, 0.2) is 0 Å². The van der Waals surface area contributed by atoms with Crippen molar-refractivity contribution in [2.24, 2.45) is 0 Å². The van der Waals surface area contributed by atoms with Crippen LogP contribution in [0.3, 0.4) is 0 Å². The summed E-state index contributed by atoms with van der Waals surface area (Å²) in [6.45, 7) is 0.0112. The van der Waals surface area contributed by atoms with Gasteiger partial charge in [0.05, 0.1) is 8.81 Å². The van der Waals surface area contributed by atoms with Crippen molar-refractivity contribution in [3.63, 3.8) is 0 Å². The Hall–Kier alpha value is -0.330. The molecule has 1 unspecified atom stereocenters. The van der Waals surface area contributed by atoms with E-state index in [4.69, 9.17) is 9.63 Å². The fourth-order valence-corrected chi connectivity index (χ4v) is 0.950. The summed E-state index contributed by atoms with van der Waals surface area (Å²) >= 11 is 0. The van der Waals surface area contributed by atoms with E-state index in [1.54, 1.807) is 6.08 Å². The highest BCUT2D eigenvalue weighted by Crippen LogP contribution is 2.22. The lowest BCUT2D eigenvalue weighted by molar-refractivity contribution is 0.275. The first-order valence-corrected chi connectivity index (χ1v) is 3.31. The molecule has 0 saturated heterocycles. The molecule has 1 aliphatic rings. The molecular formula is C5H7O2P. The van der Waals surface area contributed by atoms with Crippen LogP contribution in [0.2, 0.25) is 0 Å². The zero-order chi connectivity index (χ0) is 5.82. The van der Waals surface area contributed by atoms with Crippen LogP contribution in [0.5, 0.6) is 0 Å². The first kappa shape index (κ1) is 5.80. The molecule has 1 atom stereocenters. The lowest BCUT2D eigenvalue weighted by Gasteiger charge is -2.06. The van der Waals surface area contributed by atoms with Crippen molar-refractivity contribution in [3.05, 3.63) is 23.7 Å². The molecule has 0 radical (unpaired) electrons. The minimum atomic E-state index is 0.0112. The summed E-state index contributed by atoms with van der Waals surface area (Å²) < 4.78 is 4.98. The molecule has 0 aliphatic carbocycles. The Morgan fingerprint density at radius 1 is 1.75 bits per heavy atom. The van der Waals surface area contributed by atoms with Gasteiger partial charge in [-0.1, -0.05) is 6.08 Å². The van der Waals surface area contributed by atoms with Gasteiger partial charge >= 0.3 is 0 Å². The Balaban J connectivity index is 2.50. The van der Waals surface area contributed by atoms with Gasteiger partial charge in [0.2, 0.25) is 0 Å². The first-order valence-electron chi connectivity index (χ1n) is 2.32. The van der Waals surface area contributed by atoms with Crippen LogP contribution < -0.4 is 0 Å². The van der Waals surface area contributed by atoms with E-state index in [-0.39, 0.29) is 6.61 Å². The SMILES string of the molecule is OCC1=CC=CPO1. The normalized spacial score (nSPS) is 20.4. The van der Waals surface area contributed by atoms with Crippen molar-refractivity contribution < 1.29 is 9.63 Å². The van der Waals surface area contributed by atoms with Crippen molar-refractivity contribution in [1.82, 2.24) is 0 Å². The van der Waals surface area contributed by atoms with Gasteiger partial charge in [-0.05, 0) is 11.9 Å². The van der Waals surface area contributed by atoms with Gasteiger partial charge in [0.1, 0.15) is 12.4 Å². The third kappa shape index (κ3) is 1.32. The third-order valence-corrected chi connectivity index (χ3v) is 1.50. The average molecular weight is 130 g/mol. The number of aliphatic hydroxyl groups is 1. The maximum absolute atomic E-state index is 8.47. The molecule has 0 fully saturated rings. The largest absolute Gasteiger partial charge is 0.475 e. The molecule has 1 rings (SSSR count). The lowest BCUT2D eigenvalue weighted by atomic mass is 10.4. The summed E-state index contributed by atoms with van der Waals surface area (Å²) in [5.74, 6) is 2.57. The molecule has 1 heterocycles. The summed E-state index contributed by atoms with van der Waals surface area (Å²) in [7, 11) is 0.380. The molecule has 0 spiro atoms. The standard InChI is InChI=1S/C5H7O2P/c6-4-5-2-1-3-8-7-5/h1-3,6,8H,4H2. The highest BCUT2D eigenvalue weighted by molar-refractivity contribution is 7.36. The van der Waals surface area contributed by atoms with Crippen molar-refractivity contribution in [1.29, 1.82) is 0 Å². The van der Waals surface area contributed by atoms with Gasteiger partial charge in [-0.15, -0.1) is 0 Å². The Labute approximate surface area is 49.7 Å². The molecule has 0 bridgehead atoms. The molecule has 0 aromatic rings. The van der Waals surface area contributed by atoms with Crippen molar-refractivity contribution in [3.8, 4) is 0 Å². The van der Waals surface area contributed by atoms with Crippen LogP contribution in [0.1, 0.15) is 0 Å². The zero-order valence-corrected chi connectivity index (χ0v) is 5.29. The lowest BCUT2D eigenvalue weighted by Crippen LogP contribution is -1.90. The van der Waals surface area contributed by atoms with Gasteiger partial charge in [0, 0.05) is 0 Å². The van der Waals surface area contributed by atoms with E-state index in [1.165, 1.54) is 0 Å². The minimum Gasteiger partial charge on any atom is -0.475 e. The Bertz CT molecular complexity index is 128. The van der Waals surface area contributed by atoms with Crippen LogP contribution in [0.4, 0.5) is 0 Å². The third-order valence-electron chi connectivity index (χ3n) is 0.792. The van der Waals surface area contributed by atoms with Crippen LogP contribution in [0.25, 0.3) is 0 Å². The van der Waals surface area contributed by atoms with Crippen molar-refractivity contribution in [2.75, 3.05) is 6.61 Å². The number of rotatable bonds is 1. The topological polar surface area (TPSA) is 29.5 Å². The van der Waals surface area contributed by atoms with Gasteiger partial charge in [0.25, 0.3) is 0 Å². The Morgan fingerprint density at radius 2 is 2.62 bits per heavy atom. The Kier molecular flexibility index (Phi) is 2.07. The number of aliphatic hydroxyl groups excluding tert-OH is 1. The molecule has 2 nitrogen and oxygen atoms in total. The Morgan fingerprint density at radius 3 is 3.00 bits per heavy atom. The van der Waals surface area contributed by atoms with Gasteiger partial charge in [-0.3, -0.25) is 0 Å². The second-order valence-corrected chi connectivity index (χ2v) is 2.14. The second-order valence-electron chi connectivity index (χ2n) is 1.37. The number of hydrogen-bond donors (Lipinski definition) is 1. The summed E-state index contributed by atoms with van der Waals surface area (Å²) in [5.41, 5.74) is 0. The van der Waals surface area contributed by atoms with Crippen LogP contribution in [0, 0.1) is 0 Å². The molecule has 0 amide bonds. The van der Waals surface area contributed by atoms with Crippen molar-refractivity contribution >= 4 is 8.81 Å². The predicted octanol–water partition coefficient (Wildman–Crippen LogP) is 1.000. The molecule has 0 saturated carbocycles. The van der Waals surface area contributed by atoms with Crippen LogP contribution >= 0.6 is 8.81 Å². The first-order chi connectivity index (χ1) is 3.93. The summed E-state index contributed by atoms with van der Waals surface area (Å²) in [6.07, 6.45) is 3.64. The fraction of sp³-hybridized carbons (Fsp3) is 0.200. The van der Waals surface area contributed by atoms with E-state index in [2.05, 4.69) is 0 Å². The van der Waals surface area contributed by atoms with E-state index < -0.39 is 0 Å². The van der Waals surface area contributed by atoms with Crippen LogP contribution in [0.15, 0.2) is 23.7 Å². The minimum absolute atomic E-state index is 0.0112. The molecule has 1 aliphatic heterocycles. The molecule has 8 heavy (non-hydrogen) atoms. The van der Waals surface area contributed by atoms with Crippen LogP contribution in [-0.2, 0) is 4.52 Å². The second kappa shape index (κ2) is 2.85. The van der Waals surface area contributed by atoms with Crippen molar-refractivity contribution in [2.45, 2.75) is 0 Å². The van der Waals surface area contributed by atoms with E-state index in [0.717, 1.165) is 0 Å². The van der Waals surface area contributed by atoms with E-state index in [9.17, 15) is 0 Å². The van der Waals surface area contributed by atoms with Crippen LogP contribution in [-0.4, -0.2) is 11.7 Å². The van der Waals surface area contributed by atoms with E-state index in [0.29, 0.717) is 14.6 Å². The highest BCUT2D eigenvalue weighted by atomic mass is 31.1. The molecular weight excluding hydrogens is 123 g/mol. The van der Waals surface area contributed by atoms with E-state index >= 15 is 0 Å². The monoisotopic (exact) mass is 130 g/mol. The number of hydrogen-bond acceptors (Lipinski definition) is 2. The summed E-state index contributed by atoms with van der Waals surface area (Å²) in [6, 6.07) is 0. The molecule has 1 N–H and O–H groups in total. The maximum Gasteiger partial charge on any atom is 0.125 e. The van der Waals surface area contributed by atoms with Gasteiger partial charge in [-0.25, -0.2) is 0 Å². The quantitative estimate of drug-likeness (QED) is 0.536. The fourth-order valence-electron chi connectivity index (χ4n) is 0.423. The smallest absolute Gasteiger partial charge is 0.125 e. The molecule has 44 valence electrons. The molecule has 0 aromatic carbocycles. The van der Waals surface area contributed by atoms with Gasteiger partial charge < -0.3 is 9.63 Å². The number of allylic oxidation sites excluding steroid dienone is 2. The average Bonchev–Trinajstić information content (AvgIpc) is 1.90. The van der Waals surface area contributed by atoms with E-state index in [1.807, 2.05) is 11.9 Å². The zero-order valence-electron chi connectivity index (χ0n) is 4.29. The van der Waals surface area contributed by atoms with Gasteiger partial charge in [-0.2, -0.15) is 0 Å². The summed E-state index contributed by atoms with van der Waals surface area (Å²) in [4.78, 5) is 0. The molecule has 0 aromatic heterocycles. The highest BCUT2D eigenvalue weighted by Gasteiger charge is 1.94. The summed E-state index contributed by atoms with van der Waals surface area (Å²) in [5, 5.41) is 8.47. The molecule has 3 heteroatoms. The maximum atomic E-state index is 8.47. The predicted molar refractivity (Wildman–Crippen MR) is 33.7 cm³/mol.